The van der Waals surface area contributed by atoms with Gasteiger partial charge in [-0.15, -0.1) is 11.3 Å². The number of aromatic nitrogens is 3. The van der Waals surface area contributed by atoms with Crippen LogP contribution < -0.4 is 5.32 Å². The Morgan fingerprint density at radius 1 is 1.29 bits per heavy atom. The van der Waals surface area contributed by atoms with Crippen molar-refractivity contribution < 1.29 is 13.6 Å². The van der Waals surface area contributed by atoms with Gasteiger partial charge in [0, 0.05) is 53.4 Å². The zero-order valence-corrected chi connectivity index (χ0v) is 15.8. The second-order valence-electron chi connectivity index (χ2n) is 6.16. The molecular formula is C20H16F2N4OS. The summed E-state index contributed by atoms with van der Waals surface area (Å²) < 4.78 is 28.7. The van der Waals surface area contributed by atoms with Gasteiger partial charge >= 0.3 is 0 Å². The maximum absolute atomic E-state index is 13.7. The Labute approximate surface area is 163 Å². The molecule has 0 aliphatic rings. The highest BCUT2D eigenvalue weighted by Gasteiger charge is 2.16. The first-order valence-corrected chi connectivity index (χ1v) is 9.56. The summed E-state index contributed by atoms with van der Waals surface area (Å²) in [7, 11) is 0. The number of carbonyl (C=O) groups excluding carboxylic acids is 1. The van der Waals surface area contributed by atoms with Crippen molar-refractivity contribution in [2.75, 3.05) is 0 Å². The van der Waals surface area contributed by atoms with Gasteiger partial charge in [0.1, 0.15) is 28.0 Å². The Balaban J connectivity index is 1.55. The number of halogens is 2. The van der Waals surface area contributed by atoms with E-state index >= 15 is 0 Å². The fourth-order valence-corrected chi connectivity index (χ4v) is 3.79. The summed E-state index contributed by atoms with van der Waals surface area (Å²) in [5.41, 5.74) is 2.25. The lowest BCUT2D eigenvalue weighted by Gasteiger charge is -2.04. The van der Waals surface area contributed by atoms with Crippen LogP contribution in [0.15, 0.2) is 48.1 Å². The molecule has 4 rings (SSSR count). The van der Waals surface area contributed by atoms with Gasteiger partial charge in [-0.3, -0.25) is 4.79 Å². The first kappa shape index (κ1) is 18.2. The molecule has 0 fully saturated rings. The molecule has 5 nitrogen and oxygen atoms in total. The van der Waals surface area contributed by atoms with E-state index in [1.807, 2.05) is 29.8 Å². The minimum absolute atomic E-state index is 0.0448. The lowest BCUT2D eigenvalue weighted by atomic mass is 10.2. The Morgan fingerprint density at radius 3 is 2.93 bits per heavy atom. The summed E-state index contributed by atoms with van der Waals surface area (Å²) >= 11 is 1.36. The van der Waals surface area contributed by atoms with Crippen LogP contribution in [0, 0.1) is 11.6 Å². The molecule has 0 saturated carbocycles. The molecule has 1 amide bonds. The van der Waals surface area contributed by atoms with E-state index in [9.17, 15) is 13.6 Å². The number of thiazole rings is 1. The molecule has 1 N–H and O–H groups in total. The van der Waals surface area contributed by atoms with Crippen LogP contribution >= 0.6 is 11.3 Å². The van der Waals surface area contributed by atoms with E-state index in [0.717, 1.165) is 35.3 Å². The maximum atomic E-state index is 13.7. The average Bonchev–Trinajstić information content (AvgIpc) is 3.32. The van der Waals surface area contributed by atoms with E-state index in [2.05, 4.69) is 15.3 Å². The second-order valence-corrected chi connectivity index (χ2v) is 7.02. The van der Waals surface area contributed by atoms with E-state index in [4.69, 9.17) is 0 Å². The van der Waals surface area contributed by atoms with Crippen LogP contribution in [0.4, 0.5) is 8.78 Å². The summed E-state index contributed by atoms with van der Waals surface area (Å²) in [6, 6.07) is 7.10. The number of nitrogens with one attached hydrogen (secondary N) is 1. The third kappa shape index (κ3) is 3.38. The summed E-state index contributed by atoms with van der Waals surface area (Å²) in [6.45, 7) is 2.76. The SMILES string of the molecule is CCn1cc(-c2nc(C(=O)NCc3ccc(F)cc3F)cs2)c2cccnc21. The summed E-state index contributed by atoms with van der Waals surface area (Å²) in [4.78, 5) is 21.2. The molecule has 1 aromatic carbocycles. The summed E-state index contributed by atoms with van der Waals surface area (Å²) in [5.74, 6) is -1.76. The number of amides is 1. The summed E-state index contributed by atoms with van der Waals surface area (Å²) in [5, 5.41) is 5.97. The van der Waals surface area contributed by atoms with E-state index in [0.29, 0.717) is 5.01 Å². The molecule has 0 spiro atoms. The zero-order chi connectivity index (χ0) is 19.7. The van der Waals surface area contributed by atoms with Crippen LogP contribution in [0.3, 0.4) is 0 Å². The van der Waals surface area contributed by atoms with Crippen LogP contribution in [0.5, 0.6) is 0 Å². The molecule has 0 atom stereocenters. The predicted octanol–water partition coefficient (Wildman–Crippen LogP) is 4.39. The topological polar surface area (TPSA) is 59.8 Å². The van der Waals surface area contributed by atoms with Crippen molar-refractivity contribution in [2.45, 2.75) is 20.0 Å². The molecule has 0 saturated heterocycles. The van der Waals surface area contributed by atoms with Crippen molar-refractivity contribution in [2.24, 2.45) is 0 Å². The van der Waals surface area contributed by atoms with E-state index < -0.39 is 17.5 Å². The highest BCUT2D eigenvalue weighted by Crippen LogP contribution is 2.31. The van der Waals surface area contributed by atoms with Gasteiger partial charge in [0.15, 0.2) is 0 Å². The van der Waals surface area contributed by atoms with Crippen molar-refractivity contribution in [3.8, 4) is 10.6 Å². The quantitative estimate of drug-likeness (QED) is 0.542. The van der Waals surface area contributed by atoms with Gasteiger partial charge in [-0.2, -0.15) is 0 Å². The number of hydrogen-bond donors (Lipinski definition) is 1. The van der Waals surface area contributed by atoms with Gasteiger partial charge < -0.3 is 9.88 Å². The molecule has 0 radical (unpaired) electrons. The van der Waals surface area contributed by atoms with Crippen molar-refractivity contribution >= 4 is 28.3 Å². The Kier molecular flexibility index (Phi) is 4.87. The number of hydrogen-bond acceptors (Lipinski definition) is 4. The number of carbonyl (C=O) groups is 1. The Morgan fingerprint density at radius 2 is 2.14 bits per heavy atom. The minimum atomic E-state index is -0.695. The van der Waals surface area contributed by atoms with Crippen LogP contribution in [0.2, 0.25) is 0 Å². The van der Waals surface area contributed by atoms with Crippen LogP contribution in [-0.4, -0.2) is 20.4 Å². The van der Waals surface area contributed by atoms with Crippen molar-refractivity contribution in [1.29, 1.82) is 0 Å². The number of fused-ring (bicyclic) bond motifs is 1. The molecule has 0 unspecified atom stereocenters. The zero-order valence-electron chi connectivity index (χ0n) is 14.9. The van der Waals surface area contributed by atoms with Gasteiger partial charge in [-0.1, -0.05) is 6.07 Å². The summed E-state index contributed by atoms with van der Waals surface area (Å²) in [6.07, 6.45) is 3.72. The van der Waals surface area contributed by atoms with Crippen LogP contribution in [0.1, 0.15) is 23.0 Å². The molecule has 8 heteroatoms. The molecular weight excluding hydrogens is 382 g/mol. The fourth-order valence-electron chi connectivity index (χ4n) is 2.97. The third-order valence-electron chi connectivity index (χ3n) is 4.40. The second kappa shape index (κ2) is 7.47. The normalized spacial score (nSPS) is 11.1. The first-order valence-electron chi connectivity index (χ1n) is 8.68. The third-order valence-corrected chi connectivity index (χ3v) is 5.27. The largest absolute Gasteiger partial charge is 0.346 e. The lowest BCUT2D eigenvalue weighted by molar-refractivity contribution is 0.0946. The number of rotatable bonds is 5. The molecule has 3 aromatic heterocycles. The van der Waals surface area contributed by atoms with Gasteiger partial charge in [-0.25, -0.2) is 18.7 Å². The van der Waals surface area contributed by atoms with E-state index in [1.54, 1.807) is 11.6 Å². The Hall–Kier alpha value is -3.13. The van der Waals surface area contributed by atoms with Crippen LogP contribution in [0.25, 0.3) is 21.6 Å². The standard InChI is InChI=1S/C20H16F2N4OS/c1-2-26-10-15(14-4-3-7-23-18(14)26)20-25-17(11-28-20)19(27)24-9-12-5-6-13(21)8-16(12)22/h3-8,10-11H,2,9H2,1H3,(H,24,27). The molecule has 0 bridgehead atoms. The van der Waals surface area contributed by atoms with E-state index in [-0.39, 0.29) is 17.8 Å². The maximum Gasteiger partial charge on any atom is 0.271 e. The highest BCUT2D eigenvalue weighted by atomic mass is 32.1. The smallest absolute Gasteiger partial charge is 0.271 e. The molecule has 3 heterocycles. The van der Waals surface area contributed by atoms with Crippen molar-refractivity contribution in [3.63, 3.8) is 0 Å². The monoisotopic (exact) mass is 398 g/mol. The van der Waals surface area contributed by atoms with Gasteiger partial charge in [0.05, 0.1) is 0 Å². The Bertz CT molecular complexity index is 1170. The number of nitrogens with zero attached hydrogens (tertiary/aromatic N) is 3. The average molecular weight is 398 g/mol. The van der Waals surface area contributed by atoms with Crippen LogP contribution in [-0.2, 0) is 13.1 Å². The molecule has 4 aromatic rings. The van der Waals surface area contributed by atoms with Gasteiger partial charge in [0.25, 0.3) is 5.91 Å². The lowest BCUT2D eigenvalue weighted by Crippen LogP contribution is -2.23. The first-order chi connectivity index (χ1) is 13.6. The van der Waals surface area contributed by atoms with Crippen molar-refractivity contribution in [3.05, 3.63) is 71.0 Å². The molecule has 28 heavy (non-hydrogen) atoms. The number of benzene rings is 1. The highest BCUT2D eigenvalue weighted by molar-refractivity contribution is 7.13. The number of pyridine rings is 1. The molecule has 142 valence electrons. The minimum Gasteiger partial charge on any atom is -0.346 e. The molecule has 0 aliphatic carbocycles. The van der Waals surface area contributed by atoms with Gasteiger partial charge in [0.2, 0.25) is 0 Å². The number of aryl methyl sites for hydroxylation is 1. The van der Waals surface area contributed by atoms with E-state index in [1.165, 1.54) is 17.4 Å². The van der Waals surface area contributed by atoms with Gasteiger partial charge in [-0.05, 0) is 25.1 Å². The predicted molar refractivity (Wildman–Crippen MR) is 104 cm³/mol. The fraction of sp³-hybridized carbons (Fsp3) is 0.150. The molecule has 0 aliphatic heterocycles. The van der Waals surface area contributed by atoms with Crippen molar-refractivity contribution in [1.82, 2.24) is 19.9 Å².